The molecule has 1 heterocycles. The Bertz CT molecular complexity index is 890. The first kappa shape index (κ1) is 16.3. The first-order chi connectivity index (χ1) is 12.0. The largest absolute Gasteiger partial charge is 0.449 e. The van der Waals surface area contributed by atoms with Gasteiger partial charge < -0.3 is 9.15 Å². The van der Waals surface area contributed by atoms with Gasteiger partial charge in [-0.2, -0.15) is 0 Å². The molecule has 0 spiro atoms. The molecule has 0 fully saturated rings. The minimum atomic E-state index is -0.730. The number of hydrogen-bond acceptors (Lipinski definition) is 7. The van der Waals surface area contributed by atoms with Crippen molar-refractivity contribution in [1.82, 2.24) is 10.2 Å². The van der Waals surface area contributed by atoms with Crippen molar-refractivity contribution in [2.45, 2.75) is 13.0 Å². The average Bonchev–Trinajstić information content (AvgIpc) is 3.13. The monoisotopic (exact) mass is 339 g/mol. The summed E-state index contributed by atoms with van der Waals surface area (Å²) in [5.41, 5.74) is 0.920. The van der Waals surface area contributed by atoms with Crippen LogP contribution in [0.1, 0.15) is 29.3 Å². The number of carbonyl (C=O) groups excluding carboxylic acids is 1. The van der Waals surface area contributed by atoms with Gasteiger partial charge in [-0.1, -0.05) is 18.2 Å². The number of nitrogens with zero attached hydrogens (tertiary/aromatic N) is 3. The molecule has 3 rings (SSSR count). The molecule has 0 N–H and O–H groups in total. The summed E-state index contributed by atoms with van der Waals surface area (Å²) >= 11 is 0. The van der Waals surface area contributed by atoms with E-state index in [1.54, 1.807) is 37.3 Å². The SMILES string of the molecule is C[C@@H](OC(=O)c1ccccc1)c1nnc(-c2ccc([N+](=O)[O-])cc2)o1. The van der Waals surface area contributed by atoms with Crippen LogP contribution in [0.3, 0.4) is 0 Å². The quantitative estimate of drug-likeness (QED) is 0.397. The second-order valence-electron chi connectivity index (χ2n) is 5.16. The van der Waals surface area contributed by atoms with Gasteiger partial charge in [-0.05, 0) is 31.2 Å². The number of ether oxygens (including phenoxy) is 1. The highest BCUT2D eigenvalue weighted by molar-refractivity contribution is 5.89. The summed E-state index contributed by atoms with van der Waals surface area (Å²) < 4.78 is 10.8. The molecule has 126 valence electrons. The molecular weight excluding hydrogens is 326 g/mol. The van der Waals surface area contributed by atoms with Gasteiger partial charge in [0.25, 0.3) is 11.6 Å². The topological polar surface area (TPSA) is 108 Å². The Hall–Kier alpha value is -3.55. The third-order valence-electron chi connectivity index (χ3n) is 3.41. The molecule has 0 unspecified atom stereocenters. The second kappa shape index (κ2) is 6.91. The molecule has 0 saturated carbocycles. The molecule has 0 aliphatic carbocycles. The summed E-state index contributed by atoms with van der Waals surface area (Å²) in [4.78, 5) is 22.2. The molecule has 8 nitrogen and oxygen atoms in total. The van der Waals surface area contributed by atoms with E-state index in [0.29, 0.717) is 11.1 Å². The zero-order valence-electron chi connectivity index (χ0n) is 13.2. The lowest BCUT2D eigenvalue weighted by Gasteiger charge is -2.09. The smallest absolute Gasteiger partial charge is 0.338 e. The molecule has 0 saturated heterocycles. The average molecular weight is 339 g/mol. The first-order valence-electron chi connectivity index (χ1n) is 7.39. The van der Waals surface area contributed by atoms with Crippen LogP contribution < -0.4 is 0 Å². The lowest BCUT2D eigenvalue weighted by molar-refractivity contribution is -0.384. The van der Waals surface area contributed by atoms with E-state index in [4.69, 9.17) is 9.15 Å². The number of esters is 1. The van der Waals surface area contributed by atoms with Gasteiger partial charge in [0, 0.05) is 17.7 Å². The maximum absolute atomic E-state index is 12.0. The lowest BCUT2D eigenvalue weighted by Crippen LogP contribution is -2.09. The van der Waals surface area contributed by atoms with Crippen molar-refractivity contribution in [2.75, 3.05) is 0 Å². The van der Waals surface area contributed by atoms with Crippen LogP contribution in [-0.2, 0) is 4.74 Å². The molecule has 2 aromatic carbocycles. The number of rotatable bonds is 5. The van der Waals surface area contributed by atoms with Crippen LogP contribution in [0.2, 0.25) is 0 Å². The fourth-order valence-corrected chi connectivity index (χ4v) is 2.09. The number of nitro benzene ring substituents is 1. The summed E-state index contributed by atoms with van der Waals surface area (Å²) in [5, 5.41) is 18.4. The number of nitro groups is 1. The summed E-state index contributed by atoms with van der Waals surface area (Å²) in [6.07, 6.45) is -0.730. The van der Waals surface area contributed by atoms with Gasteiger partial charge in [0.1, 0.15) is 0 Å². The van der Waals surface area contributed by atoms with Crippen LogP contribution in [0, 0.1) is 10.1 Å². The van der Waals surface area contributed by atoms with E-state index in [9.17, 15) is 14.9 Å². The molecular formula is C17H13N3O5. The van der Waals surface area contributed by atoms with Crippen molar-refractivity contribution in [1.29, 1.82) is 0 Å². The Morgan fingerprint density at radius 3 is 2.44 bits per heavy atom. The van der Waals surface area contributed by atoms with Crippen LogP contribution in [0.15, 0.2) is 59.0 Å². The minimum absolute atomic E-state index is 0.0337. The summed E-state index contributed by atoms with van der Waals surface area (Å²) in [5.74, 6) is -0.173. The van der Waals surface area contributed by atoms with E-state index in [1.165, 1.54) is 24.3 Å². The summed E-state index contributed by atoms with van der Waals surface area (Å²) in [6, 6.07) is 14.3. The van der Waals surface area contributed by atoms with Gasteiger partial charge in [0.05, 0.1) is 10.5 Å². The van der Waals surface area contributed by atoms with Crippen LogP contribution in [0.25, 0.3) is 11.5 Å². The van der Waals surface area contributed by atoms with Crippen molar-refractivity contribution in [3.63, 3.8) is 0 Å². The van der Waals surface area contributed by atoms with Crippen LogP contribution in [0.4, 0.5) is 5.69 Å². The molecule has 3 aromatic rings. The Morgan fingerprint density at radius 1 is 1.12 bits per heavy atom. The fourth-order valence-electron chi connectivity index (χ4n) is 2.09. The van der Waals surface area contributed by atoms with Crippen molar-refractivity contribution in [3.8, 4) is 11.5 Å². The van der Waals surface area contributed by atoms with Crippen LogP contribution in [0.5, 0.6) is 0 Å². The number of aromatic nitrogens is 2. The predicted molar refractivity (Wildman–Crippen MR) is 86.7 cm³/mol. The minimum Gasteiger partial charge on any atom is -0.449 e. The molecule has 8 heteroatoms. The van der Waals surface area contributed by atoms with E-state index in [-0.39, 0.29) is 17.5 Å². The molecule has 1 aromatic heterocycles. The number of benzene rings is 2. The molecule has 1 atom stereocenters. The Morgan fingerprint density at radius 2 is 1.80 bits per heavy atom. The molecule has 25 heavy (non-hydrogen) atoms. The normalized spacial score (nSPS) is 11.7. The maximum atomic E-state index is 12.0. The van der Waals surface area contributed by atoms with Crippen molar-refractivity contribution >= 4 is 11.7 Å². The van der Waals surface area contributed by atoms with Gasteiger partial charge in [0.2, 0.25) is 5.89 Å². The molecule has 0 bridgehead atoms. The standard InChI is InChI=1S/C17H13N3O5/c1-11(24-17(21)13-5-3-2-4-6-13)15-18-19-16(25-15)12-7-9-14(10-8-12)20(22)23/h2-11H,1H3/t11-/m1/s1. The zero-order valence-corrected chi connectivity index (χ0v) is 13.2. The van der Waals surface area contributed by atoms with E-state index >= 15 is 0 Å². The van der Waals surface area contributed by atoms with E-state index in [2.05, 4.69) is 10.2 Å². The number of carbonyl (C=O) groups is 1. The van der Waals surface area contributed by atoms with Crippen molar-refractivity contribution < 1.29 is 18.9 Å². The molecule has 0 radical (unpaired) electrons. The van der Waals surface area contributed by atoms with E-state index in [1.807, 2.05) is 0 Å². The third kappa shape index (κ3) is 3.69. The number of non-ortho nitro benzene ring substituents is 1. The van der Waals surface area contributed by atoms with Crippen molar-refractivity contribution in [2.24, 2.45) is 0 Å². The predicted octanol–water partition coefficient (Wildman–Crippen LogP) is 3.56. The molecule has 0 aliphatic heterocycles. The van der Waals surface area contributed by atoms with Gasteiger partial charge in [-0.25, -0.2) is 4.79 Å². The van der Waals surface area contributed by atoms with Crippen LogP contribution in [-0.4, -0.2) is 21.1 Å². The highest BCUT2D eigenvalue weighted by Crippen LogP contribution is 2.24. The Labute approximate surface area is 142 Å². The van der Waals surface area contributed by atoms with E-state index in [0.717, 1.165) is 0 Å². The van der Waals surface area contributed by atoms with Gasteiger partial charge in [0.15, 0.2) is 6.10 Å². The van der Waals surface area contributed by atoms with Gasteiger partial charge in [-0.3, -0.25) is 10.1 Å². The second-order valence-corrected chi connectivity index (χ2v) is 5.16. The third-order valence-corrected chi connectivity index (χ3v) is 3.41. The van der Waals surface area contributed by atoms with Crippen LogP contribution >= 0.6 is 0 Å². The highest BCUT2D eigenvalue weighted by atomic mass is 16.6. The summed E-state index contributed by atoms with van der Waals surface area (Å²) in [6.45, 7) is 1.62. The van der Waals surface area contributed by atoms with Gasteiger partial charge >= 0.3 is 5.97 Å². The first-order valence-corrected chi connectivity index (χ1v) is 7.39. The van der Waals surface area contributed by atoms with Gasteiger partial charge in [-0.15, -0.1) is 10.2 Å². The Kier molecular flexibility index (Phi) is 4.51. The highest BCUT2D eigenvalue weighted by Gasteiger charge is 2.20. The Balaban J connectivity index is 1.72. The van der Waals surface area contributed by atoms with Crippen molar-refractivity contribution in [3.05, 3.63) is 76.2 Å². The van der Waals surface area contributed by atoms with E-state index < -0.39 is 17.0 Å². The number of hydrogen-bond donors (Lipinski definition) is 0. The molecule has 0 amide bonds. The summed E-state index contributed by atoms with van der Waals surface area (Å²) in [7, 11) is 0. The lowest BCUT2D eigenvalue weighted by atomic mass is 10.2. The molecule has 0 aliphatic rings. The zero-order chi connectivity index (χ0) is 17.8. The fraction of sp³-hybridized carbons (Fsp3) is 0.118. The maximum Gasteiger partial charge on any atom is 0.338 e.